The summed E-state index contributed by atoms with van der Waals surface area (Å²) in [5, 5.41) is 3.36. The van der Waals surface area contributed by atoms with Gasteiger partial charge in [-0.3, -0.25) is 4.79 Å². The molecule has 4 bridgehead atoms. The zero-order chi connectivity index (χ0) is 23.5. The van der Waals surface area contributed by atoms with Gasteiger partial charge in [-0.15, -0.1) is 0 Å². The molecule has 4 aliphatic rings. The number of nitrogens with one attached hydrogen (secondary N) is 1. The molecule has 176 valence electrons. The molecule has 4 aliphatic carbocycles. The number of aryl methyl sites for hydroxylation is 2. The second-order valence-corrected chi connectivity index (χ2v) is 11.7. The summed E-state index contributed by atoms with van der Waals surface area (Å²) in [5.41, 5.74) is 3.89. The molecule has 1 aromatic carbocycles. The summed E-state index contributed by atoms with van der Waals surface area (Å²) in [5.74, 6) is 2.68. The molecule has 0 atom stereocenters. The average Bonchev–Trinajstić information content (AvgIpc) is 3.14. The number of hydrogen-bond acceptors (Lipinski definition) is 3. The Labute approximate surface area is 196 Å². The second-order valence-electron chi connectivity index (χ2n) is 11.7. The van der Waals surface area contributed by atoms with E-state index in [9.17, 15) is 9.59 Å². The minimum absolute atomic E-state index is 0.172. The van der Waals surface area contributed by atoms with Crippen LogP contribution in [-0.4, -0.2) is 28.2 Å². The van der Waals surface area contributed by atoms with Crippen molar-refractivity contribution in [2.24, 2.45) is 23.7 Å². The van der Waals surface area contributed by atoms with Gasteiger partial charge in [0.05, 0.1) is 0 Å². The summed E-state index contributed by atoms with van der Waals surface area (Å²) in [6.45, 7) is 9.64. The Morgan fingerprint density at radius 1 is 0.970 bits per heavy atom. The molecule has 1 N–H and O–H groups in total. The molecule has 0 radical (unpaired) electrons. The van der Waals surface area contributed by atoms with E-state index in [0.29, 0.717) is 17.5 Å². The molecule has 33 heavy (non-hydrogen) atoms. The first-order valence-corrected chi connectivity index (χ1v) is 12.4. The van der Waals surface area contributed by atoms with E-state index in [0.717, 1.165) is 28.5 Å². The first kappa shape index (κ1) is 22.2. The van der Waals surface area contributed by atoms with Crippen LogP contribution in [0, 0.1) is 37.5 Å². The maximum absolute atomic E-state index is 13.6. The normalized spacial score (nSPS) is 28.1. The van der Waals surface area contributed by atoms with Gasteiger partial charge >= 0.3 is 6.09 Å². The van der Waals surface area contributed by atoms with Crippen LogP contribution in [0.2, 0.25) is 0 Å². The standard InChI is InChI=1S/C28H36N2O3/c1-16-6-7-23(17(2)8-16)22-14-24(30(15-22)27(32)33-28(3,4)5)26(31)29-25-20-10-18-9-19(12-20)13-21(25)11-18/h6-8,14-15,18-21,25H,9-13H2,1-5H3,(H,29,31). The molecule has 1 amide bonds. The molecule has 0 aliphatic heterocycles. The molecule has 1 aromatic heterocycles. The summed E-state index contributed by atoms with van der Waals surface area (Å²) in [6, 6.07) is 8.29. The zero-order valence-corrected chi connectivity index (χ0v) is 20.5. The third-order valence-corrected chi connectivity index (χ3v) is 7.86. The molecule has 5 nitrogen and oxygen atoms in total. The Balaban J connectivity index is 1.46. The van der Waals surface area contributed by atoms with Crippen LogP contribution in [0.5, 0.6) is 0 Å². The highest BCUT2D eigenvalue weighted by atomic mass is 16.6. The van der Waals surface area contributed by atoms with Gasteiger partial charge in [0.25, 0.3) is 5.91 Å². The SMILES string of the molecule is Cc1ccc(-c2cc(C(=O)NC3C4CC5CC(C4)CC3C5)n(C(=O)OC(C)(C)C)c2)c(C)c1. The fraction of sp³-hybridized carbons (Fsp3) is 0.571. The van der Waals surface area contributed by atoms with E-state index in [2.05, 4.69) is 37.4 Å². The van der Waals surface area contributed by atoms with Crippen molar-refractivity contribution in [1.82, 2.24) is 9.88 Å². The lowest BCUT2D eigenvalue weighted by Crippen LogP contribution is -2.56. The number of rotatable bonds is 3. The molecule has 0 unspecified atom stereocenters. The van der Waals surface area contributed by atoms with Crippen molar-refractivity contribution in [2.75, 3.05) is 0 Å². The molecule has 4 saturated carbocycles. The van der Waals surface area contributed by atoms with Crippen LogP contribution >= 0.6 is 0 Å². The second kappa shape index (κ2) is 8.03. The van der Waals surface area contributed by atoms with Crippen LogP contribution in [0.25, 0.3) is 11.1 Å². The van der Waals surface area contributed by atoms with E-state index in [4.69, 9.17) is 4.74 Å². The van der Waals surface area contributed by atoms with Gasteiger partial charge in [0.2, 0.25) is 0 Å². The number of amides is 1. The Morgan fingerprint density at radius 3 is 2.18 bits per heavy atom. The Kier molecular flexibility index (Phi) is 5.42. The lowest BCUT2D eigenvalue weighted by Gasteiger charge is -2.54. The highest BCUT2D eigenvalue weighted by Crippen LogP contribution is 2.53. The van der Waals surface area contributed by atoms with Crippen molar-refractivity contribution >= 4 is 12.0 Å². The van der Waals surface area contributed by atoms with Crippen LogP contribution < -0.4 is 5.32 Å². The maximum atomic E-state index is 13.6. The van der Waals surface area contributed by atoms with Crippen LogP contribution in [0.1, 0.15) is 74.5 Å². The monoisotopic (exact) mass is 448 g/mol. The predicted octanol–water partition coefficient (Wildman–Crippen LogP) is 6.11. The van der Waals surface area contributed by atoms with Gasteiger partial charge in [-0.2, -0.15) is 0 Å². The van der Waals surface area contributed by atoms with Crippen LogP contribution in [0.4, 0.5) is 4.79 Å². The van der Waals surface area contributed by atoms with Gasteiger partial charge in [0.1, 0.15) is 11.3 Å². The molecule has 4 fully saturated rings. The van der Waals surface area contributed by atoms with Crippen LogP contribution in [-0.2, 0) is 4.74 Å². The van der Waals surface area contributed by atoms with Gasteiger partial charge in [0, 0.05) is 17.8 Å². The van der Waals surface area contributed by atoms with Crippen LogP contribution in [0.15, 0.2) is 30.5 Å². The summed E-state index contributed by atoms with van der Waals surface area (Å²) in [4.78, 5) is 26.6. The molecular formula is C28H36N2O3. The Hall–Kier alpha value is -2.56. The lowest BCUT2D eigenvalue weighted by molar-refractivity contribution is -0.0121. The summed E-state index contributed by atoms with van der Waals surface area (Å²) in [7, 11) is 0. The van der Waals surface area contributed by atoms with E-state index in [-0.39, 0.29) is 11.9 Å². The molecule has 5 heteroatoms. The van der Waals surface area contributed by atoms with Gasteiger partial charge in [-0.1, -0.05) is 23.8 Å². The van der Waals surface area contributed by atoms with Crippen molar-refractivity contribution in [3.8, 4) is 11.1 Å². The molecular weight excluding hydrogens is 412 g/mol. The topological polar surface area (TPSA) is 60.3 Å². The number of nitrogens with zero attached hydrogens (tertiary/aromatic N) is 1. The number of carbonyl (C=O) groups is 2. The number of aromatic nitrogens is 1. The van der Waals surface area contributed by atoms with Crippen molar-refractivity contribution in [1.29, 1.82) is 0 Å². The van der Waals surface area contributed by atoms with E-state index in [1.807, 2.05) is 26.8 Å². The van der Waals surface area contributed by atoms with E-state index in [1.54, 1.807) is 6.20 Å². The summed E-state index contributed by atoms with van der Waals surface area (Å²) >= 11 is 0. The largest absolute Gasteiger partial charge is 0.443 e. The van der Waals surface area contributed by atoms with Crippen molar-refractivity contribution < 1.29 is 14.3 Å². The van der Waals surface area contributed by atoms with Crippen molar-refractivity contribution in [3.05, 3.63) is 47.3 Å². The fourth-order valence-corrected chi connectivity index (χ4v) is 6.77. The minimum Gasteiger partial charge on any atom is -0.443 e. The summed E-state index contributed by atoms with van der Waals surface area (Å²) in [6.07, 6.45) is 7.55. The number of carbonyl (C=O) groups excluding carboxylic acids is 2. The van der Waals surface area contributed by atoms with E-state index < -0.39 is 11.7 Å². The lowest BCUT2D eigenvalue weighted by atomic mass is 9.54. The van der Waals surface area contributed by atoms with Crippen molar-refractivity contribution in [3.63, 3.8) is 0 Å². The first-order chi connectivity index (χ1) is 15.6. The van der Waals surface area contributed by atoms with E-state index >= 15 is 0 Å². The first-order valence-electron chi connectivity index (χ1n) is 12.4. The van der Waals surface area contributed by atoms with Gasteiger partial charge in [-0.25, -0.2) is 9.36 Å². The fourth-order valence-electron chi connectivity index (χ4n) is 6.77. The molecule has 1 heterocycles. The minimum atomic E-state index is -0.642. The summed E-state index contributed by atoms with van der Waals surface area (Å²) < 4.78 is 7.04. The molecule has 0 spiro atoms. The van der Waals surface area contributed by atoms with Crippen molar-refractivity contribution in [2.45, 2.75) is 78.4 Å². The molecule has 0 saturated heterocycles. The van der Waals surface area contributed by atoms with Gasteiger partial charge in [0.15, 0.2) is 0 Å². The predicted molar refractivity (Wildman–Crippen MR) is 129 cm³/mol. The number of hydrogen-bond donors (Lipinski definition) is 1. The average molecular weight is 449 g/mol. The van der Waals surface area contributed by atoms with Gasteiger partial charge in [-0.05, 0) is 108 Å². The third kappa shape index (κ3) is 4.34. The number of ether oxygens (including phenoxy) is 1. The zero-order valence-electron chi connectivity index (χ0n) is 20.5. The molecule has 6 rings (SSSR count). The number of benzene rings is 1. The highest BCUT2D eigenvalue weighted by molar-refractivity contribution is 5.98. The smallest absolute Gasteiger partial charge is 0.419 e. The quantitative estimate of drug-likeness (QED) is 0.616. The third-order valence-electron chi connectivity index (χ3n) is 7.86. The Bertz CT molecular complexity index is 1060. The van der Waals surface area contributed by atoms with Crippen LogP contribution in [0.3, 0.4) is 0 Å². The van der Waals surface area contributed by atoms with E-state index in [1.165, 1.54) is 42.2 Å². The Morgan fingerprint density at radius 2 is 1.61 bits per heavy atom. The highest BCUT2D eigenvalue weighted by Gasteiger charge is 2.48. The maximum Gasteiger partial charge on any atom is 0.419 e. The molecule has 2 aromatic rings. The van der Waals surface area contributed by atoms with Gasteiger partial charge < -0.3 is 10.1 Å².